The van der Waals surface area contributed by atoms with Crippen LogP contribution in [0.1, 0.15) is 48.2 Å². The summed E-state index contributed by atoms with van der Waals surface area (Å²) in [4.78, 5) is 18.7. The molecule has 1 spiro atoms. The number of hydrogen-bond donors (Lipinski definition) is 0. The number of carbonyl (C=O) groups is 1. The molecule has 1 atom stereocenters. The summed E-state index contributed by atoms with van der Waals surface area (Å²) in [5.41, 5.74) is 1.65. The molecular formula is C19H26N2O2S. The summed E-state index contributed by atoms with van der Waals surface area (Å²) in [6.07, 6.45) is 8.62. The normalized spacial score (nSPS) is 26.0. The number of hydrogen-bond acceptors (Lipinski definition) is 4. The highest BCUT2D eigenvalue weighted by Gasteiger charge is 2.51. The van der Waals surface area contributed by atoms with Crippen molar-refractivity contribution in [2.45, 2.75) is 49.9 Å². The molecule has 1 saturated carbocycles. The monoisotopic (exact) mass is 346 g/mol. The van der Waals surface area contributed by atoms with Crippen molar-refractivity contribution >= 4 is 17.7 Å². The number of likely N-dealkylation sites (tertiary alicyclic amines) is 1. The largest absolute Gasteiger partial charge is 0.377 e. The van der Waals surface area contributed by atoms with Crippen molar-refractivity contribution in [3.63, 3.8) is 0 Å². The molecule has 1 aromatic heterocycles. The number of carbonyl (C=O) groups excluding carboxylic acids is 1. The molecule has 2 aliphatic heterocycles. The van der Waals surface area contributed by atoms with Gasteiger partial charge < -0.3 is 9.64 Å². The summed E-state index contributed by atoms with van der Waals surface area (Å²) in [5, 5.41) is 0. The van der Waals surface area contributed by atoms with Gasteiger partial charge in [-0.15, -0.1) is 11.8 Å². The first-order chi connectivity index (χ1) is 11.6. The Morgan fingerprint density at radius 2 is 2.17 bits per heavy atom. The molecule has 3 fully saturated rings. The van der Waals surface area contributed by atoms with Crippen molar-refractivity contribution in [2.75, 3.05) is 25.4 Å². The highest BCUT2D eigenvalue weighted by atomic mass is 32.2. The summed E-state index contributed by atoms with van der Waals surface area (Å²) in [6, 6.07) is 3.78. The molecule has 5 heteroatoms. The third-order valence-electron chi connectivity index (χ3n) is 5.62. The minimum atomic E-state index is 0.115. The molecule has 1 amide bonds. The minimum absolute atomic E-state index is 0.115. The molecule has 1 aliphatic carbocycles. The van der Waals surface area contributed by atoms with Crippen molar-refractivity contribution in [2.24, 2.45) is 5.92 Å². The molecule has 3 heterocycles. The van der Waals surface area contributed by atoms with Crippen LogP contribution in [0.5, 0.6) is 0 Å². The Labute approximate surface area is 148 Å². The number of nitrogens with zero attached hydrogens (tertiary/aromatic N) is 2. The van der Waals surface area contributed by atoms with Gasteiger partial charge in [-0.05, 0) is 44.2 Å². The Morgan fingerprint density at radius 1 is 1.38 bits per heavy atom. The second-order valence-corrected chi connectivity index (χ2v) is 9.14. The number of aryl methyl sites for hydroxylation is 1. The van der Waals surface area contributed by atoms with E-state index >= 15 is 0 Å². The molecule has 0 N–H and O–H groups in total. The molecular weight excluding hydrogens is 320 g/mol. The van der Waals surface area contributed by atoms with Gasteiger partial charge in [0.1, 0.15) is 0 Å². The van der Waals surface area contributed by atoms with Crippen LogP contribution in [0.3, 0.4) is 0 Å². The van der Waals surface area contributed by atoms with E-state index in [1.165, 1.54) is 25.7 Å². The number of rotatable bonds is 4. The first-order valence-corrected chi connectivity index (χ1v) is 10.1. The third-order valence-corrected chi connectivity index (χ3v) is 7.20. The standard InChI is InChI=1S/C19H26N2O2S/c1-14-6-7-16(9-20-14)18(22)21-12-19(13-21)8-17(11-24-19)23-10-15-4-2-3-5-15/h6-7,9,15,17H,2-5,8,10-13H2,1H3. The summed E-state index contributed by atoms with van der Waals surface area (Å²) in [5.74, 6) is 1.99. The van der Waals surface area contributed by atoms with Crippen LogP contribution in [-0.4, -0.2) is 52.1 Å². The molecule has 4 nitrogen and oxygen atoms in total. The minimum Gasteiger partial charge on any atom is -0.377 e. The number of aromatic nitrogens is 1. The summed E-state index contributed by atoms with van der Waals surface area (Å²) < 4.78 is 6.42. The van der Waals surface area contributed by atoms with Gasteiger partial charge in [-0.1, -0.05) is 12.8 Å². The van der Waals surface area contributed by atoms with Crippen LogP contribution in [-0.2, 0) is 4.74 Å². The van der Waals surface area contributed by atoms with Crippen molar-refractivity contribution in [3.05, 3.63) is 29.6 Å². The fourth-order valence-corrected chi connectivity index (χ4v) is 5.70. The first-order valence-electron chi connectivity index (χ1n) is 9.11. The zero-order chi connectivity index (χ0) is 16.6. The van der Waals surface area contributed by atoms with Crippen molar-refractivity contribution in [1.29, 1.82) is 0 Å². The third kappa shape index (κ3) is 3.33. The van der Waals surface area contributed by atoms with Gasteiger partial charge in [-0.3, -0.25) is 9.78 Å². The van der Waals surface area contributed by atoms with E-state index in [9.17, 15) is 4.79 Å². The summed E-state index contributed by atoms with van der Waals surface area (Å²) in [7, 11) is 0. The quantitative estimate of drug-likeness (QED) is 0.839. The SMILES string of the molecule is Cc1ccc(C(=O)N2CC3(CC(OCC4CCCC4)CS3)C2)cn1. The molecule has 0 bridgehead atoms. The van der Waals surface area contributed by atoms with Crippen molar-refractivity contribution < 1.29 is 9.53 Å². The Kier molecular flexibility index (Phi) is 4.56. The molecule has 3 aliphatic rings. The van der Waals surface area contributed by atoms with E-state index in [2.05, 4.69) is 4.98 Å². The van der Waals surface area contributed by atoms with E-state index < -0.39 is 0 Å². The van der Waals surface area contributed by atoms with Crippen molar-refractivity contribution in [3.8, 4) is 0 Å². The van der Waals surface area contributed by atoms with Gasteiger partial charge in [0.25, 0.3) is 5.91 Å². The van der Waals surface area contributed by atoms with E-state index in [4.69, 9.17) is 4.74 Å². The lowest BCUT2D eigenvalue weighted by molar-refractivity contribution is 0.0197. The smallest absolute Gasteiger partial charge is 0.255 e. The lowest BCUT2D eigenvalue weighted by Crippen LogP contribution is -2.60. The van der Waals surface area contributed by atoms with Gasteiger partial charge >= 0.3 is 0 Å². The van der Waals surface area contributed by atoms with Gasteiger partial charge in [0.15, 0.2) is 0 Å². The molecule has 1 unspecified atom stereocenters. The van der Waals surface area contributed by atoms with Gasteiger partial charge in [-0.2, -0.15) is 0 Å². The second kappa shape index (κ2) is 6.68. The van der Waals surface area contributed by atoms with Crippen LogP contribution in [0.15, 0.2) is 18.3 Å². The van der Waals surface area contributed by atoms with Crippen molar-refractivity contribution in [1.82, 2.24) is 9.88 Å². The molecule has 0 radical (unpaired) electrons. The van der Waals surface area contributed by atoms with E-state index in [-0.39, 0.29) is 10.7 Å². The number of ether oxygens (including phenoxy) is 1. The lowest BCUT2D eigenvalue weighted by atomic mass is 9.92. The highest BCUT2D eigenvalue weighted by molar-refractivity contribution is 8.01. The first kappa shape index (κ1) is 16.4. The average Bonchev–Trinajstić information content (AvgIpc) is 3.21. The van der Waals surface area contributed by atoms with Crippen LogP contribution in [0.2, 0.25) is 0 Å². The maximum Gasteiger partial charge on any atom is 0.255 e. The Bertz CT molecular complexity index is 592. The topological polar surface area (TPSA) is 42.4 Å². The van der Waals surface area contributed by atoms with Gasteiger partial charge in [0.2, 0.25) is 0 Å². The van der Waals surface area contributed by atoms with E-state index in [0.717, 1.165) is 43.5 Å². The second-order valence-electron chi connectivity index (χ2n) is 7.65. The van der Waals surface area contributed by atoms with Crippen LogP contribution < -0.4 is 0 Å². The Hall–Kier alpha value is -1.07. The van der Waals surface area contributed by atoms with Gasteiger partial charge in [-0.25, -0.2) is 0 Å². The van der Waals surface area contributed by atoms with E-state index in [1.807, 2.05) is 35.7 Å². The maximum absolute atomic E-state index is 12.5. The Morgan fingerprint density at radius 3 is 2.88 bits per heavy atom. The van der Waals surface area contributed by atoms with E-state index in [1.54, 1.807) is 6.20 Å². The van der Waals surface area contributed by atoms with E-state index in [0.29, 0.717) is 11.7 Å². The fraction of sp³-hybridized carbons (Fsp3) is 0.684. The van der Waals surface area contributed by atoms with Gasteiger partial charge in [0, 0.05) is 37.3 Å². The van der Waals surface area contributed by atoms with Gasteiger partial charge in [0.05, 0.1) is 16.4 Å². The predicted molar refractivity (Wildman–Crippen MR) is 96.4 cm³/mol. The average molecular weight is 346 g/mol. The number of thioether (sulfide) groups is 1. The maximum atomic E-state index is 12.5. The highest BCUT2D eigenvalue weighted by Crippen LogP contribution is 2.46. The summed E-state index contributed by atoms with van der Waals surface area (Å²) >= 11 is 2.01. The molecule has 130 valence electrons. The van der Waals surface area contributed by atoms with Crippen LogP contribution >= 0.6 is 11.8 Å². The number of pyridine rings is 1. The molecule has 24 heavy (non-hydrogen) atoms. The number of amides is 1. The predicted octanol–water partition coefficient (Wildman–Crippen LogP) is 3.30. The summed E-state index contributed by atoms with van der Waals surface area (Å²) in [6.45, 7) is 4.59. The zero-order valence-electron chi connectivity index (χ0n) is 14.4. The lowest BCUT2D eigenvalue weighted by Gasteiger charge is -2.47. The zero-order valence-corrected chi connectivity index (χ0v) is 15.2. The van der Waals surface area contributed by atoms with Crippen LogP contribution in [0.25, 0.3) is 0 Å². The molecule has 4 rings (SSSR count). The fourth-order valence-electron chi connectivity index (χ4n) is 4.15. The van der Waals surface area contributed by atoms with Crippen LogP contribution in [0, 0.1) is 12.8 Å². The molecule has 1 aromatic rings. The van der Waals surface area contributed by atoms with Crippen LogP contribution in [0.4, 0.5) is 0 Å². The molecule has 0 aromatic carbocycles. The Balaban J connectivity index is 1.26. The molecule has 2 saturated heterocycles.